The molecule has 2 unspecified atom stereocenters. The van der Waals surface area contributed by atoms with Crippen LogP contribution in [0.5, 0.6) is 23.0 Å². The highest BCUT2D eigenvalue weighted by atomic mass is 19.1. The van der Waals surface area contributed by atoms with E-state index in [0.717, 1.165) is 179 Å². The Morgan fingerprint density at radius 2 is 0.584 bits per heavy atom. The second kappa shape index (κ2) is 31.4. The van der Waals surface area contributed by atoms with E-state index < -0.39 is 10.8 Å². The molecule has 0 spiro atoms. The van der Waals surface area contributed by atoms with Gasteiger partial charge in [-0.25, -0.2) is 8.78 Å². The monoisotopic (exact) mass is 1610 g/mol. The van der Waals surface area contributed by atoms with Crippen molar-refractivity contribution in [3.63, 3.8) is 0 Å². The lowest BCUT2D eigenvalue weighted by Crippen LogP contribution is -2.30. The van der Waals surface area contributed by atoms with Gasteiger partial charge < -0.3 is 23.7 Å². The third kappa shape index (κ3) is 13.6. The fourth-order valence-electron chi connectivity index (χ4n) is 19.3. The number of rotatable bonds is 20. The summed E-state index contributed by atoms with van der Waals surface area (Å²) >= 11 is 0. The zero-order valence-electron chi connectivity index (χ0n) is 69.5. The summed E-state index contributed by atoms with van der Waals surface area (Å²) in [5.41, 5.74) is 34.2. The molecule has 2 aliphatic carbocycles. The number of benzene rings is 18. The van der Waals surface area contributed by atoms with Gasteiger partial charge in [-0.05, 0) is 319 Å². The van der Waals surface area contributed by atoms with Crippen LogP contribution in [-0.4, -0.2) is 0 Å². The first-order valence-electron chi connectivity index (χ1n) is 42.4. The Bertz CT molecular complexity index is 6980. The van der Waals surface area contributed by atoms with Gasteiger partial charge >= 0.3 is 0 Å². The predicted molar refractivity (Wildman–Crippen MR) is 512 cm³/mol. The first-order valence-corrected chi connectivity index (χ1v) is 42.4. The molecular weight excluding hydrogens is 1530 g/mol. The van der Waals surface area contributed by atoms with E-state index in [2.05, 4.69) is 354 Å². The van der Waals surface area contributed by atoms with Gasteiger partial charge in [0.1, 0.15) is 45.8 Å². The smallest absolute Gasteiger partial charge is 0.137 e. The Kier molecular flexibility index (Phi) is 19.3. The van der Waals surface area contributed by atoms with Crippen LogP contribution in [0.1, 0.15) is 77.9 Å². The van der Waals surface area contributed by atoms with Gasteiger partial charge in [-0.1, -0.05) is 267 Å². The summed E-state index contributed by atoms with van der Waals surface area (Å²) in [5.74, 6) is 2.41. The minimum Gasteiger partial charge on any atom is -0.457 e. The Morgan fingerprint density at radius 1 is 0.264 bits per heavy atom. The van der Waals surface area contributed by atoms with Crippen molar-refractivity contribution in [2.24, 2.45) is 0 Å². The van der Waals surface area contributed by atoms with Gasteiger partial charge in [0, 0.05) is 57.0 Å². The van der Waals surface area contributed by atoms with Crippen LogP contribution in [0.25, 0.3) is 101 Å². The molecule has 125 heavy (non-hydrogen) atoms. The van der Waals surface area contributed by atoms with Crippen LogP contribution in [-0.2, 0) is 10.8 Å². The maximum atomic E-state index is 14.3. The lowest BCUT2D eigenvalue weighted by atomic mass is 9.66. The molecule has 19 aromatic rings. The first-order chi connectivity index (χ1) is 61.2. The molecule has 0 radical (unpaired) electrons. The van der Waals surface area contributed by atoms with Crippen LogP contribution in [0, 0.1) is 39.3 Å². The van der Waals surface area contributed by atoms with Crippen LogP contribution < -0.4 is 19.3 Å². The molecule has 598 valence electrons. The Labute approximate surface area is 727 Å². The summed E-state index contributed by atoms with van der Waals surface area (Å²) < 4.78 is 49.2. The summed E-state index contributed by atoms with van der Waals surface area (Å²) in [6.07, 6.45) is 3.67. The standard InChI is InChI=1S/C118H84F2N2O3/c1-7-79-27-55-99(56-28-79)123-101-59-39-89(40-60-101)117(111-67-75(3)23-25-77(111)5)109-21-11-9-19-103(109)105-63-51-95(71-113(105)117)121(93-47-35-83(36-48-93)87-17-13-15-85(69-87)81-31-43-91(119)44-32-81)97-53-65-107-108-66-54-98(74-116(108)125-115(107)73-97)122(94-49-37-84(38-50-94)88-18-14-16-86(70-88)82-33-45-92(120)46-34-82)96-52-64-106-104-20-10-12-22-110(104)118(114(106)72-96,112-68-76(4)24-26-78(112)6)90-41-61-102(62-42-90)124-100-57-29-80(8-2)30-58-100/h7-74H,1-2H2,3-6H3. The van der Waals surface area contributed by atoms with Gasteiger partial charge in [0.25, 0.3) is 0 Å². The highest BCUT2D eigenvalue weighted by molar-refractivity contribution is 6.08. The fourth-order valence-corrected chi connectivity index (χ4v) is 19.3. The van der Waals surface area contributed by atoms with Crippen molar-refractivity contribution in [1.29, 1.82) is 0 Å². The molecule has 0 fully saturated rings. The highest BCUT2D eigenvalue weighted by Crippen LogP contribution is 2.61. The number of anilines is 6. The second-order valence-corrected chi connectivity index (χ2v) is 32.9. The van der Waals surface area contributed by atoms with Crippen molar-refractivity contribution >= 4 is 68.2 Å². The number of ether oxygens (including phenoxy) is 2. The summed E-state index contributed by atoms with van der Waals surface area (Å²) in [7, 11) is 0. The fraction of sp³-hybridized carbons (Fsp3) is 0.0508. The normalized spacial score (nSPS) is 14.1. The van der Waals surface area contributed by atoms with E-state index in [-0.39, 0.29) is 11.6 Å². The number of nitrogens with zero attached hydrogens (tertiary/aromatic N) is 2. The molecule has 5 nitrogen and oxygen atoms in total. The van der Waals surface area contributed by atoms with Crippen molar-refractivity contribution in [2.75, 3.05) is 9.80 Å². The average molecular weight is 1620 g/mol. The van der Waals surface area contributed by atoms with Gasteiger partial charge in [0.2, 0.25) is 0 Å². The van der Waals surface area contributed by atoms with E-state index in [1.165, 1.54) is 68.8 Å². The second-order valence-electron chi connectivity index (χ2n) is 32.9. The Balaban J connectivity index is 0.723. The molecule has 0 aliphatic heterocycles. The number of halogens is 2. The van der Waals surface area contributed by atoms with Gasteiger partial charge in [0.05, 0.1) is 10.8 Å². The van der Waals surface area contributed by atoms with Crippen LogP contribution >= 0.6 is 0 Å². The predicted octanol–water partition coefficient (Wildman–Crippen LogP) is 32.3. The maximum Gasteiger partial charge on any atom is 0.137 e. The maximum absolute atomic E-state index is 14.3. The summed E-state index contributed by atoms with van der Waals surface area (Å²) in [4.78, 5) is 4.73. The molecule has 2 aliphatic rings. The Hall–Kier alpha value is -15.7. The molecule has 0 bridgehead atoms. The van der Waals surface area contributed by atoms with Crippen molar-refractivity contribution in [2.45, 2.75) is 38.5 Å². The average Bonchev–Trinajstić information content (AvgIpc) is 1.55. The van der Waals surface area contributed by atoms with E-state index in [1.54, 1.807) is 0 Å². The molecule has 1 aromatic heterocycles. The van der Waals surface area contributed by atoms with Crippen LogP contribution in [0.15, 0.2) is 418 Å². The zero-order valence-corrected chi connectivity index (χ0v) is 69.5. The SMILES string of the molecule is C=Cc1ccc(Oc2ccc(C3(c4cc(C)ccc4C)c4ccccc4-c4ccc(N(c5ccc(-c6cccc(-c7ccc(F)cc7)c6)cc5)c5ccc6c(c5)oc5cc(N(c7ccc(-c8cccc(-c9ccc(F)cc9)c8)cc7)c7ccc8c(c7)C(c7ccc(Oc9ccc(C=C)cc9)cc7)(c7cc(C)ccc7C)c7ccccc7-8)ccc56)cc43)cc2)cc1. The summed E-state index contributed by atoms with van der Waals surface area (Å²) in [6.45, 7) is 16.8. The summed E-state index contributed by atoms with van der Waals surface area (Å²) in [6, 6.07) is 140. The largest absolute Gasteiger partial charge is 0.457 e. The number of hydrogen-bond acceptors (Lipinski definition) is 5. The zero-order chi connectivity index (χ0) is 84.6. The molecule has 0 saturated heterocycles. The van der Waals surface area contributed by atoms with Gasteiger partial charge in [-0.3, -0.25) is 0 Å². The van der Waals surface area contributed by atoms with E-state index >= 15 is 0 Å². The van der Waals surface area contributed by atoms with Gasteiger partial charge in [-0.15, -0.1) is 0 Å². The molecule has 7 heteroatoms. The molecule has 18 aromatic carbocycles. The van der Waals surface area contributed by atoms with Crippen LogP contribution in [0.4, 0.5) is 42.9 Å². The van der Waals surface area contributed by atoms with Gasteiger partial charge in [0.15, 0.2) is 0 Å². The van der Waals surface area contributed by atoms with E-state index in [4.69, 9.17) is 13.9 Å². The molecular formula is C118H84F2N2O3. The third-order valence-electron chi connectivity index (χ3n) is 25.4. The molecule has 21 rings (SSSR count). The number of fused-ring (bicyclic) bond motifs is 9. The first kappa shape index (κ1) is 76.7. The van der Waals surface area contributed by atoms with Crippen molar-refractivity contribution in [3.05, 3.63) is 503 Å². The minimum atomic E-state index is -0.780. The van der Waals surface area contributed by atoms with E-state index in [0.29, 0.717) is 0 Å². The van der Waals surface area contributed by atoms with E-state index in [9.17, 15) is 8.78 Å². The highest BCUT2D eigenvalue weighted by Gasteiger charge is 2.49. The van der Waals surface area contributed by atoms with E-state index in [1.807, 2.05) is 84.9 Å². The Morgan fingerprint density at radius 3 is 0.952 bits per heavy atom. The van der Waals surface area contributed by atoms with Crippen molar-refractivity contribution in [1.82, 2.24) is 0 Å². The lowest BCUT2D eigenvalue weighted by molar-refractivity contribution is 0.482. The van der Waals surface area contributed by atoms with Crippen molar-refractivity contribution in [3.8, 4) is 89.8 Å². The quantitative estimate of drug-likeness (QED) is 0.0760. The lowest BCUT2D eigenvalue weighted by Gasteiger charge is -2.36. The topological polar surface area (TPSA) is 38.1 Å². The third-order valence-corrected chi connectivity index (χ3v) is 25.4. The number of aryl methyl sites for hydroxylation is 4. The molecule has 0 saturated carbocycles. The van der Waals surface area contributed by atoms with Crippen LogP contribution in [0.2, 0.25) is 0 Å². The molecule has 2 atom stereocenters. The number of furan rings is 1. The summed E-state index contributed by atoms with van der Waals surface area (Å²) in [5, 5.41) is 1.95. The molecule has 0 amide bonds. The molecule has 0 N–H and O–H groups in total. The van der Waals surface area contributed by atoms with Crippen LogP contribution in [0.3, 0.4) is 0 Å². The van der Waals surface area contributed by atoms with Gasteiger partial charge in [-0.2, -0.15) is 0 Å². The number of hydrogen-bond donors (Lipinski definition) is 0. The minimum absolute atomic E-state index is 0.270. The van der Waals surface area contributed by atoms with Crippen molar-refractivity contribution < 1.29 is 22.7 Å². The molecule has 1 heterocycles.